The van der Waals surface area contributed by atoms with Gasteiger partial charge in [0.2, 0.25) is 0 Å². The number of nitrogens with zero attached hydrogens (tertiary/aromatic N) is 1. The van der Waals surface area contributed by atoms with Crippen molar-refractivity contribution in [1.82, 2.24) is 4.57 Å². The molecule has 188 valence electrons. The lowest BCUT2D eigenvalue weighted by molar-refractivity contribution is -0.802. The molecule has 1 atom stereocenters. The highest BCUT2D eigenvalue weighted by molar-refractivity contribution is 5.89. The van der Waals surface area contributed by atoms with Crippen molar-refractivity contribution in [1.29, 1.82) is 0 Å². The summed E-state index contributed by atoms with van der Waals surface area (Å²) >= 11 is 0. The van der Waals surface area contributed by atoms with Crippen LogP contribution in [0, 0.1) is 0 Å². The summed E-state index contributed by atoms with van der Waals surface area (Å²) in [7, 11) is 1.40. The van der Waals surface area contributed by atoms with Crippen molar-refractivity contribution in [2.45, 2.75) is 65.5 Å². The molecule has 2 aromatic carbocycles. The van der Waals surface area contributed by atoms with Crippen LogP contribution in [0.2, 0.25) is 0 Å². The minimum atomic E-state index is -0.304. The van der Waals surface area contributed by atoms with Gasteiger partial charge < -0.3 is 9.30 Å². The lowest BCUT2D eigenvalue weighted by Crippen LogP contribution is -3.00. The first-order valence-corrected chi connectivity index (χ1v) is 12.7. The SMILES string of the molecule is COC(=O)c1ccc(C[NH+]2C=CC(c3ccn(Cc4cc(C(C)(C)C)cc(C(C)(C)C)c4)c3)=C2)cc1. The van der Waals surface area contributed by atoms with Gasteiger partial charge in [-0.05, 0) is 45.7 Å². The number of hydrogen-bond donors (Lipinski definition) is 1. The summed E-state index contributed by atoms with van der Waals surface area (Å²) < 4.78 is 7.07. The van der Waals surface area contributed by atoms with Crippen molar-refractivity contribution in [3.05, 3.63) is 113 Å². The van der Waals surface area contributed by atoms with Gasteiger partial charge in [-0.25, -0.2) is 4.79 Å². The molecule has 4 heteroatoms. The van der Waals surface area contributed by atoms with E-state index in [-0.39, 0.29) is 16.8 Å². The number of hydrogen-bond acceptors (Lipinski definition) is 2. The number of rotatable bonds is 6. The fourth-order valence-electron chi connectivity index (χ4n) is 4.46. The van der Waals surface area contributed by atoms with Gasteiger partial charge >= 0.3 is 5.97 Å². The van der Waals surface area contributed by atoms with E-state index in [2.05, 4.69) is 101 Å². The summed E-state index contributed by atoms with van der Waals surface area (Å²) in [5, 5.41) is 0. The molecular weight excluding hydrogens is 444 g/mol. The van der Waals surface area contributed by atoms with Crippen molar-refractivity contribution in [2.75, 3.05) is 7.11 Å². The van der Waals surface area contributed by atoms with Crippen molar-refractivity contribution in [3.8, 4) is 0 Å². The molecule has 1 unspecified atom stereocenters. The second-order valence-electron chi connectivity index (χ2n) is 11.9. The zero-order chi connectivity index (χ0) is 26.1. The predicted molar refractivity (Wildman–Crippen MR) is 147 cm³/mol. The van der Waals surface area contributed by atoms with Crippen LogP contribution in [0.1, 0.15) is 79.7 Å². The number of quaternary nitrogens is 1. The summed E-state index contributed by atoms with van der Waals surface area (Å²) in [6.45, 7) is 15.4. The Morgan fingerprint density at radius 1 is 0.889 bits per heavy atom. The van der Waals surface area contributed by atoms with E-state index < -0.39 is 0 Å². The van der Waals surface area contributed by atoms with Crippen LogP contribution in [0.3, 0.4) is 0 Å². The maximum absolute atomic E-state index is 11.7. The van der Waals surface area contributed by atoms with Crippen molar-refractivity contribution >= 4 is 11.5 Å². The lowest BCUT2D eigenvalue weighted by Gasteiger charge is -2.26. The molecule has 0 saturated heterocycles. The minimum Gasteiger partial charge on any atom is -0.465 e. The molecule has 1 aliphatic rings. The van der Waals surface area contributed by atoms with E-state index in [0.717, 1.165) is 13.1 Å². The van der Waals surface area contributed by atoms with Gasteiger partial charge in [0.1, 0.15) is 12.7 Å². The zero-order valence-electron chi connectivity index (χ0n) is 22.7. The van der Waals surface area contributed by atoms with Crippen LogP contribution < -0.4 is 4.90 Å². The first-order valence-electron chi connectivity index (χ1n) is 12.7. The number of carbonyl (C=O) groups excluding carboxylic acids is 1. The minimum absolute atomic E-state index is 0.114. The smallest absolute Gasteiger partial charge is 0.337 e. The van der Waals surface area contributed by atoms with E-state index in [4.69, 9.17) is 4.74 Å². The fourth-order valence-corrected chi connectivity index (χ4v) is 4.46. The van der Waals surface area contributed by atoms with Crippen LogP contribution in [0.15, 0.2) is 79.4 Å². The molecule has 1 N–H and O–H groups in total. The van der Waals surface area contributed by atoms with Gasteiger partial charge in [0, 0.05) is 41.7 Å². The molecule has 4 rings (SSSR count). The van der Waals surface area contributed by atoms with Gasteiger partial charge in [0.15, 0.2) is 0 Å². The summed E-state index contributed by atoms with van der Waals surface area (Å²) in [4.78, 5) is 12.9. The number of benzene rings is 2. The molecule has 0 amide bonds. The first kappa shape index (κ1) is 25.7. The lowest BCUT2D eigenvalue weighted by atomic mass is 9.79. The number of nitrogens with one attached hydrogen (secondary N) is 1. The van der Waals surface area contributed by atoms with E-state index in [1.807, 2.05) is 24.3 Å². The Morgan fingerprint density at radius 3 is 2.11 bits per heavy atom. The van der Waals surface area contributed by atoms with Gasteiger partial charge in [-0.15, -0.1) is 0 Å². The molecule has 1 aromatic heterocycles. The molecular formula is C32H39N2O2+. The van der Waals surface area contributed by atoms with Crippen molar-refractivity contribution in [2.24, 2.45) is 0 Å². The first-order chi connectivity index (χ1) is 16.9. The Kier molecular flexibility index (Phi) is 7.10. The monoisotopic (exact) mass is 483 g/mol. The third-order valence-corrected chi connectivity index (χ3v) is 6.77. The normalized spacial score (nSPS) is 15.8. The number of allylic oxidation sites excluding steroid dienone is 2. The Balaban J connectivity index is 1.47. The highest BCUT2D eigenvalue weighted by atomic mass is 16.5. The Morgan fingerprint density at radius 2 is 1.53 bits per heavy atom. The van der Waals surface area contributed by atoms with Crippen LogP contribution in [-0.2, 0) is 28.7 Å². The van der Waals surface area contributed by atoms with Gasteiger partial charge in [0.05, 0.1) is 18.9 Å². The molecule has 0 fully saturated rings. The molecule has 3 aromatic rings. The van der Waals surface area contributed by atoms with Crippen molar-refractivity contribution in [3.63, 3.8) is 0 Å². The predicted octanol–water partition coefficient (Wildman–Crippen LogP) is 5.87. The number of methoxy groups -OCH3 is 1. The number of carbonyl (C=O) groups is 1. The second-order valence-corrected chi connectivity index (χ2v) is 11.9. The molecule has 36 heavy (non-hydrogen) atoms. The average molecular weight is 484 g/mol. The van der Waals surface area contributed by atoms with Crippen LogP contribution in [0.25, 0.3) is 5.57 Å². The molecule has 4 nitrogen and oxygen atoms in total. The van der Waals surface area contributed by atoms with E-state index in [0.29, 0.717) is 5.56 Å². The van der Waals surface area contributed by atoms with Crippen molar-refractivity contribution < 1.29 is 14.4 Å². The largest absolute Gasteiger partial charge is 0.465 e. The maximum atomic E-state index is 11.7. The number of ether oxygens (including phenoxy) is 1. The van der Waals surface area contributed by atoms with E-state index in [1.165, 1.54) is 45.4 Å². The molecule has 0 saturated carbocycles. The molecule has 0 radical (unpaired) electrons. The molecule has 0 spiro atoms. The highest BCUT2D eigenvalue weighted by Gasteiger charge is 2.21. The molecule has 0 bridgehead atoms. The maximum Gasteiger partial charge on any atom is 0.337 e. The zero-order valence-corrected chi connectivity index (χ0v) is 22.7. The Hall–Kier alpha value is -3.37. The van der Waals surface area contributed by atoms with E-state index in [9.17, 15) is 4.79 Å². The molecule has 2 heterocycles. The van der Waals surface area contributed by atoms with E-state index >= 15 is 0 Å². The van der Waals surface area contributed by atoms with Crippen LogP contribution in [0.5, 0.6) is 0 Å². The van der Waals surface area contributed by atoms with Gasteiger partial charge in [0.25, 0.3) is 0 Å². The van der Waals surface area contributed by atoms with Gasteiger partial charge in [-0.3, -0.25) is 4.90 Å². The molecule has 1 aliphatic heterocycles. The summed E-state index contributed by atoms with van der Waals surface area (Å²) in [5.74, 6) is -0.304. The van der Waals surface area contributed by atoms with Crippen LogP contribution in [0.4, 0.5) is 0 Å². The Labute approximate surface area is 215 Å². The summed E-state index contributed by atoms with van der Waals surface area (Å²) in [6, 6.07) is 16.9. The third kappa shape index (κ3) is 6.06. The highest BCUT2D eigenvalue weighted by Crippen LogP contribution is 2.31. The van der Waals surface area contributed by atoms with E-state index in [1.54, 1.807) is 0 Å². The second kappa shape index (κ2) is 9.94. The quantitative estimate of drug-likeness (QED) is 0.445. The number of esters is 1. The van der Waals surface area contributed by atoms with Crippen LogP contribution >= 0.6 is 0 Å². The van der Waals surface area contributed by atoms with Gasteiger partial charge in [-0.1, -0.05) is 71.9 Å². The molecule has 0 aliphatic carbocycles. The Bertz CT molecular complexity index is 1260. The van der Waals surface area contributed by atoms with Gasteiger partial charge in [-0.2, -0.15) is 0 Å². The standard InChI is InChI=1S/C32H38N2O2/c1-31(2,3)28-16-24(17-29(18-28)32(4,5)6)20-34-15-13-27(22-34)26-12-14-33(21-26)19-23-8-10-25(11-9-23)30(35)36-7/h8-18,21-22H,19-20H2,1-7H3/p+1. The average Bonchev–Trinajstić information content (AvgIpc) is 3.47. The number of aromatic nitrogens is 1. The topological polar surface area (TPSA) is 35.7 Å². The summed E-state index contributed by atoms with van der Waals surface area (Å²) in [5.41, 5.74) is 8.55. The fraction of sp³-hybridized carbons (Fsp3) is 0.344. The van der Waals surface area contributed by atoms with Crippen LogP contribution in [-0.4, -0.2) is 17.6 Å². The summed E-state index contributed by atoms with van der Waals surface area (Å²) in [6.07, 6.45) is 11.0. The third-order valence-electron chi connectivity index (χ3n) is 6.77.